The Balaban J connectivity index is 1.54. The maximum absolute atomic E-state index is 13.0. The van der Waals surface area contributed by atoms with Gasteiger partial charge in [-0.05, 0) is 49.6 Å². The van der Waals surface area contributed by atoms with Gasteiger partial charge in [-0.3, -0.25) is 14.4 Å². The van der Waals surface area contributed by atoms with E-state index in [1.165, 1.54) is 4.90 Å². The molecule has 3 amide bonds. The van der Waals surface area contributed by atoms with E-state index in [1.807, 2.05) is 18.2 Å². The van der Waals surface area contributed by atoms with Gasteiger partial charge >= 0.3 is 0 Å². The van der Waals surface area contributed by atoms with Crippen LogP contribution in [0.1, 0.15) is 38.5 Å². The molecule has 1 fully saturated rings. The minimum atomic E-state index is -0.366. The number of ether oxygens (including phenoxy) is 2. The van der Waals surface area contributed by atoms with Gasteiger partial charge in [-0.25, -0.2) is 0 Å². The number of carbonyl (C=O) groups excluding carboxylic acids is 3. The second kappa shape index (κ2) is 11.9. The summed E-state index contributed by atoms with van der Waals surface area (Å²) in [5, 5.41) is 3.27. The molecule has 0 spiro atoms. The molecule has 0 aromatic heterocycles. The maximum atomic E-state index is 13.0. The van der Waals surface area contributed by atoms with Crippen molar-refractivity contribution in [3.63, 3.8) is 0 Å². The van der Waals surface area contributed by atoms with E-state index in [9.17, 15) is 14.4 Å². The van der Waals surface area contributed by atoms with Crippen LogP contribution >= 0.6 is 11.6 Å². The number of carbonyl (C=O) groups is 3. The van der Waals surface area contributed by atoms with Gasteiger partial charge in [-0.15, -0.1) is 0 Å². The number of benzene rings is 2. The van der Waals surface area contributed by atoms with Gasteiger partial charge in [0.15, 0.2) is 17.2 Å². The third-order valence-corrected chi connectivity index (χ3v) is 6.28. The van der Waals surface area contributed by atoms with Crippen molar-refractivity contribution in [3.8, 4) is 17.2 Å². The maximum Gasteiger partial charge on any atom is 0.244 e. The first-order chi connectivity index (χ1) is 17.0. The first-order valence-electron chi connectivity index (χ1n) is 12.0. The number of nitrogens with one attached hydrogen (secondary N) is 1. The van der Waals surface area contributed by atoms with E-state index in [-0.39, 0.29) is 30.8 Å². The molecule has 9 heteroatoms. The van der Waals surface area contributed by atoms with Crippen molar-refractivity contribution in [2.45, 2.75) is 38.5 Å². The number of likely N-dealkylation sites (tertiary alicyclic amines) is 1. The van der Waals surface area contributed by atoms with Crippen molar-refractivity contribution in [1.29, 1.82) is 0 Å². The fourth-order valence-corrected chi connectivity index (χ4v) is 4.36. The number of para-hydroxylation sites is 2. The van der Waals surface area contributed by atoms with Gasteiger partial charge in [0, 0.05) is 24.5 Å². The number of fused-ring (bicyclic) bond motifs is 2. The zero-order valence-corrected chi connectivity index (χ0v) is 20.4. The monoisotopic (exact) mass is 499 g/mol. The van der Waals surface area contributed by atoms with Crippen molar-refractivity contribution in [2.75, 3.05) is 38.1 Å². The van der Waals surface area contributed by atoms with Crippen molar-refractivity contribution in [2.24, 2.45) is 0 Å². The molecule has 0 bridgehead atoms. The van der Waals surface area contributed by atoms with Gasteiger partial charge in [0.1, 0.15) is 0 Å². The summed E-state index contributed by atoms with van der Waals surface area (Å²) in [6.07, 6.45) is 4.68. The van der Waals surface area contributed by atoms with Gasteiger partial charge < -0.3 is 24.6 Å². The van der Waals surface area contributed by atoms with Crippen LogP contribution < -0.4 is 14.8 Å². The minimum absolute atomic E-state index is 0.00225. The van der Waals surface area contributed by atoms with Crippen molar-refractivity contribution in [1.82, 2.24) is 9.80 Å². The van der Waals surface area contributed by atoms with Crippen LogP contribution in [0.5, 0.6) is 17.2 Å². The summed E-state index contributed by atoms with van der Waals surface area (Å²) >= 11 is 6.19. The summed E-state index contributed by atoms with van der Waals surface area (Å²) in [6.45, 7) is 1.45. The van der Waals surface area contributed by atoms with Gasteiger partial charge in [0.05, 0.1) is 25.4 Å². The third-order valence-electron chi connectivity index (χ3n) is 6.05. The Morgan fingerprint density at radius 2 is 1.74 bits per heavy atom. The van der Waals surface area contributed by atoms with Gasteiger partial charge in [0.2, 0.25) is 17.7 Å². The van der Waals surface area contributed by atoms with Crippen molar-refractivity contribution in [3.05, 3.63) is 47.5 Å². The molecule has 186 valence electrons. The van der Waals surface area contributed by atoms with Crippen LogP contribution in [0.4, 0.5) is 5.69 Å². The van der Waals surface area contributed by atoms with Crippen LogP contribution in [0.2, 0.25) is 5.02 Å². The fraction of sp³-hybridized carbons (Fsp3) is 0.423. The molecule has 0 radical (unpaired) electrons. The van der Waals surface area contributed by atoms with E-state index in [1.54, 1.807) is 29.2 Å². The van der Waals surface area contributed by atoms with E-state index in [0.29, 0.717) is 54.1 Å². The highest BCUT2D eigenvalue weighted by Gasteiger charge is 2.26. The third kappa shape index (κ3) is 6.88. The molecule has 4 rings (SSSR count). The molecule has 2 aliphatic heterocycles. The smallest absolute Gasteiger partial charge is 0.244 e. The Hall–Kier alpha value is -3.26. The Kier molecular flexibility index (Phi) is 8.47. The molecule has 2 aliphatic rings. The summed E-state index contributed by atoms with van der Waals surface area (Å²) < 4.78 is 12.0. The standard InChI is InChI=1S/C26H30ClN3O5/c27-19-11-12-21-20(16-19)28-24(31)17-29(26(33)18-30-14-7-10-25(30)32)13-5-1-2-6-15-34-22-8-3-4-9-23(22)35-21/h3-4,8-9,11-12,16H,1-2,5-7,10,13-15,17-18H2,(H,28,31). The lowest BCUT2D eigenvalue weighted by molar-refractivity contribution is -0.139. The van der Waals surface area contributed by atoms with E-state index < -0.39 is 0 Å². The molecule has 0 saturated carbocycles. The molecule has 0 unspecified atom stereocenters. The first-order valence-corrected chi connectivity index (χ1v) is 12.4. The van der Waals surface area contributed by atoms with Crippen LogP contribution in [0.3, 0.4) is 0 Å². The average molecular weight is 500 g/mol. The molecule has 2 aromatic carbocycles. The van der Waals surface area contributed by atoms with Gasteiger partial charge in [-0.2, -0.15) is 0 Å². The zero-order valence-electron chi connectivity index (χ0n) is 19.6. The summed E-state index contributed by atoms with van der Waals surface area (Å²) in [5.74, 6) is 0.959. The molecule has 1 saturated heterocycles. The zero-order chi connectivity index (χ0) is 24.6. The highest BCUT2D eigenvalue weighted by atomic mass is 35.5. The normalized spacial score (nSPS) is 17.6. The molecule has 0 aliphatic carbocycles. The van der Waals surface area contributed by atoms with Crippen LogP contribution in [0.15, 0.2) is 42.5 Å². The molecule has 2 aromatic rings. The molecule has 8 nitrogen and oxygen atoms in total. The number of hydrogen-bond acceptors (Lipinski definition) is 5. The van der Waals surface area contributed by atoms with Crippen molar-refractivity contribution >= 4 is 35.0 Å². The van der Waals surface area contributed by atoms with Crippen molar-refractivity contribution < 1.29 is 23.9 Å². The van der Waals surface area contributed by atoms with Crippen LogP contribution in [-0.4, -0.2) is 60.3 Å². The van der Waals surface area contributed by atoms with Gasteiger partial charge in [-0.1, -0.05) is 36.6 Å². The summed E-state index contributed by atoms with van der Waals surface area (Å²) in [5.41, 5.74) is 0.395. The topological polar surface area (TPSA) is 88.2 Å². The SMILES string of the molecule is O=C1CN(C(=O)CN2CCCC2=O)CCCCCCOc2ccccc2Oc2ccc(Cl)cc2N1. The highest BCUT2D eigenvalue weighted by molar-refractivity contribution is 6.31. The van der Waals surface area contributed by atoms with E-state index >= 15 is 0 Å². The average Bonchev–Trinajstić information content (AvgIpc) is 3.23. The van der Waals surface area contributed by atoms with Crippen LogP contribution in [-0.2, 0) is 14.4 Å². The van der Waals surface area contributed by atoms with Crippen LogP contribution in [0.25, 0.3) is 0 Å². The first kappa shape index (κ1) is 24.9. The molecule has 2 heterocycles. The summed E-state index contributed by atoms with van der Waals surface area (Å²) in [6, 6.07) is 12.4. The number of anilines is 1. The number of nitrogens with zero attached hydrogens (tertiary/aromatic N) is 2. The Bertz CT molecular complexity index is 1080. The molecule has 0 atom stereocenters. The second-order valence-electron chi connectivity index (χ2n) is 8.73. The fourth-order valence-electron chi connectivity index (χ4n) is 4.19. The number of halogens is 1. The Labute approximate surface area is 210 Å². The number of hydrogen-bond donors (Lipinski definition) is 1. The van der Waals surface area contributed by atoms with Gasteiger partial charge in [0.25, 0.3) is 0 Å². The lowest BCUT2D eigenvalue weighted by Crippen LogP contribution is -2.44. The summed E-state index contributed by atoms with van der Waals surface area (Å²) in [4.78, 5) is 41.1. The molecular weight excluding hydrogens is 470 g/mol. The minimum Gasteiger partial charge on any atom is -0.490 e. The number of amides is 3. The summed E-state index contributed by atoms with van der Waals surface area (Å²) in [7, 11) is 0. The predicted octanol–water partition coefficient (Wildman–Crippen LogP) is 4.47. The number of rotatable bonds is 2. The quantitative estimate of drug-likeness (QED) is 0.658. The Morgan fingerprint density at radius 1 is 0.943 bits per heavy atom. The predicted molar refractivity (Wildman–Crippen MR) is 133 cm³/mol. The highest BCUT2D eigenvalue weighted by Crippen LogP contribution is 2.36. The second-order valence-corrected chi connectivity index (χ2v) is 9.17. The lowest BCUT2D eigenvalue weighted by Gasteiger charge is -2.25. The largest absolute Gasteiger partial charge is 0.490 e. The molecule has 35 heavy (non-hydrogen) atoms. The van der Waals surface area contributed by atoms with E-state index in [2.05, 4.69) is 5.32 Å². The molecule has 1 N–H and O–H groups in total. The van der Waals surface area contributed by atoms with E-state index in [4.69, 9.17) is 21.1 Å². The lowest BCUT2D eigenvalue weighted by atomic mass is 10.2. The molecular formula is C26H30ClN3O5. The van der Waals surface area contributed by atoms with Crippen LogP contribution in [0, 0.1) is 0 Å². The van der Waals surface area contributed by atoms with E-state index in [0.717, 1.165) is 32.1 Å². The Morgan fingerprint density at radius 3 is 2.54 bits per heavy atom.